The Kier molecular flexibility index (Phi) is 6.85. The summed E-state index contributed by atoms with van der Waals surface area (Å²) in [5, 5.41) is 3.20. The summed E-state index contributed by atoms with van der Waals surface area (Å²) in [5.41, 5.74) is 0. The lowest BCUT2D eigenvalue weighted by Gasteiger charge is -2.16. The van der Waals surface area contributed by atoms with E-state index in [0.717, 1.165) is 16.4 Å². The molecule has 0 rings (SSSR count). The second kappa shape index (κ2) is 6.40. The van der Waals surface area contributed by atoms with E-state index >= 15 is 0 Å². The Morgan fingerprint density at radius 2 is 2.10 bits per heavy atom. The first-order chi connectivity index (χ1) is 4.72. The van der Waals surface area contributed by atoms with Crippen molar-refractivity contribution in [1.82, 2.24) is 5.32 Å². The molecule has 0 fully saturated rings. The molecule has 0 amide bonds. The van der Waals surface area contributed by atoms with Crippen molar-refractivity contribution < 1.29 is 0 Å². The van der Waals surface area contributed by atoms with Crippen LogP contribution in [0.3, 0.4) is 0 Å². The second-order valence-corrected chi connectivity index (χ2v) is 4.44. The van der Waals surface area contributed by atoms with Crippen molar-refractivity contribution in [3.05, 3.63) is 0 Å². The summed E-state index contributed by atoms with van der Waals surface area (Å²) in [6, 6.07) is 0. The van der Waals surface area contributed by atoms with Gasteiger partial charge in [-0.15, -0.1) is 0 Å². The van der Waals surface area contributed by atoms with Gasteiger partial charge in [-0.2, -0.15) is 0 Å². The van der Waals surface area contributed by atoms with Crippen LogP contribution >= 0.6 is 22.6 Å². The van der Waals surface area contributed by atoms with Crippen LogP contribution in [0.4, 0.5) is 0 Å². The van der Waals surface area contributed by atoms with E-state index in [2.05, 4.69) is 41.8 Å². The first-order valence-electron chi connectivity index (χ1n) is 4.01. The number of hydrogen-bond acceptors (Lipinski definition) is 1. The minimum atomic E-state index is 0.811. The largest absolute Gasteiger partial charge is 0.319 e. The van der Waals surface area contributed by atoms with Gasteiger partial charge in [0.05, 0.1) is 0 Å². The lowest BCUT2D eigenvalue weighted by atomic mass is 10.0. The number of halogens is 1. The smallest absolute Gasteiger partial charge is 0.0147 e. The summed E-state index contributed by atoms with van der Waals surface area (Å²) < 4.78 is 0.843. The number of alkyl halides is 1. The molecule has 0 radical (unpaired) electrons. The van der Waals surface area contributed by atoms with Gasteiger partial charge in [-0.1, -0.05) is 42.9 Å². The second-order valence-electron chi connectivity index (χ2n) is 2.84. The Morgan fingerprint density at radius 3 is 2.50 bits per heavy atom. The maximum absolute atomic E-state index is 3.20. The van der Waals surface area contributed by atoms with Crippen LogP contribution in [0, 0.1) is 5.92 Å². The van der Waals surface area contributed by atoms with Crippen LogP contribution in [0.25, 0.3) is 0 Å². The predicted octanol–water partition coefficient (Wildman–Crippen LogP) is 2.45. The summed E-state index contributed by atoms with van der Waals surface area (Å²) in [4.78, 5) is 0. The molecule has 0 aliphatic rings. The molecule has 62 valence electrons. The van der Waals surface area contributed by atoms with E-state index in [4.69, 9.17) is 0 Å². The van der Waals surface area contributed by atoms with Crippen molar-refractivity contribution in [3.63, 3.8) is 0 Å². The highest BCUT2D eigenvalue weighted by atomic mass is 127. The van der Waals surface area contributed by atoms with Crippen LogP contribution in [-0.2, 0) is 0 Å². The van der Waals surface area contributed by atoms with Crippen LogP contribution < -0.4 is 5.32 Å². The van der Waals surface area contributed by atoms with Gasteiger partial charge in [-0.05, 0) is 25.9 Å². The molecule has 1 nitrogen and oxygen atoms in total. The average molecular weight is 255 g/mol. The molecule has 10 heavy (non-hydrogen) atoms. The van der Waals surface area contributed by atoms with E-state index in [0.29, 0.717) is 0 Å². The first kappa shape index (κ1) is 10.7. The van der Waals surface area contributed by atoms with E-state index in [9.17, 15) is 0 Å². The number of rotatable bonds is 5. The first-order valence-corrected chi connectivity index (χ1v) is 5.25. The summed E-state index contributed by atoms with van der Waals surface area (Å²) in [5.74, 6) is 0.811. The molecule has 0 aliphatic heterocycles. The van der Waals surface area contributed by atoms with Crippen LogP contribution in [0.5, 0.6) is 0 Å². The van der Waals surface area contributed by atoms with Crippen molar-refractivity contribution in [2.24, 2.45) is 5.92 Å². The summed E-state index contributed by atoms with van der Waals surface area (Å²) in [7, 11) is 2.02. The highest BCUT2D eigenvalue weighted by molar-refractivity contribution is 14.1. The van der Waals surface area contributed by atoms with Crippen molar-refractivity contribution >= 4 is 22.6 Å². The molecule has 2 heteroatoms. The van der Waals surface area contributed by atoms with Gasteiger partial charge in [0.15, 0.2) is 0 Å². The average Bonchev–Trinajstić information content (AvgIpc) is 1.89. The Morgan fingerprint density at radius 1 is 1.50 bits per heavy atom. The summed E-state index contributed by atoms with van der Waals surface area (Å²) in [6.45, 7) is 5.70. The Balaban J connectivity index is 3.38. The monoisotopic (exact) mass is 255 g/mol. The van der Waals surface area contributed by atoms with Crippen LogP contribution in [0.15, 0.2) is 0 Å². The van der Waals surface area contributed by atoms with E-state index in [1.165, 1.54) is 12.8 Å². The molecule has 0 aromatic carbocycles. The van der Waals surface area contributed by atoms with E-state index in [-0.39, 0.29) is 0 Å². The lowest BCUT2D eigenvalue weighted by Crippen LogP contribution is -2.23. The number of hydrogen-bond donors (Lipinski definition) is 1. The minimum absolute atomic E-state index is 0.811. The predicted molar refractivity (Wildman–Crippen MR) is 55.8 cm³/mol. The van der Waals surface area contributed by atoms with Gasteiger partial charge in [0, 0.05) is 3.92 Å². The minimum Gasteiger partial charge on any atom is -0.319 e. The maximum atomic E-state index is 3.20. The third kappa shape index (κ3) is 4.50. The molecule has 0 spiro atoms. The summed E-state index contributed by atoms with van der Waals surface area (Å²) in [6.07, 6.45) is 2.66. The SMILES string of the molecule is CCCC(I)C(C)CNC. The zero-order chi connectivity index (χ0) is 7.98. The number of nitrogens with one attached hydrogen (secondary N) is 1. The highest BCUT2D eigenvalue weighted by Gasteiger charge is 2.10. The molecular weight excluding hydrogens is 237 g/mol. The normalized spacial score (nSPS) is 16.8. The molecule has 0 saturated heterocycles. The maximum Gasteiger partial charge on any atom is 0.0147 e. The fourth-order valence-corrected chi connectivity index (χ4v) is 1.89. The van der Waals surface area contributed by atoms with E-state index in [1.54, 1.807) is 0 Å². The highest BCUT2D eigenvalue weighted by Crippen LogP contribution is 2.17. The van der Waals surface area contributed by atoms with Crippen molar-refractivity contribution in [1.29, 1.82) is 0 Å². The van der Waals surface area contributed by atoms with Crippen molar-refractivity contribution in [2.45, 2.75) is 30.6 Å². The van der Waals surface area contributed by atoms with Crippen LogP contribution in [-0.4, -0.2) is 17.5 Å². The van der Waals surface area contributed by atoms with Gasteiger partial charge in [0.2, 0.25) is 0 Å². The molecule has 0 aliphatic carbocycles. The summed E-state index contributed by atoms with van der Waals surface area (Å²) >= 11 is 2.55. The zero-order valence-electron chi connectivity index (χ0n) is 7.15. The van der Waals surface area contributed by atoms with Crippen molar-refractivity contribution in [2.75, 3.05) is 13.6 Å². The molecule has 1 N–H and O–H groups in total. The molecule has 0 saturated carbocycles. The Labute approximate surface area is 78.1 Å². The lowest BCUT2D eigenvalue weighted by molar-refractivity contribution is 0.511. The topological polar surface area (TPSA) is 12.0 Å². The molecular formula is C8H18IN. The standard InChI is InChI=1S/C8H18IN/c1-4-5-8(9)7(2)6-10-3/h7-8,10H,4-6H2,1-3H3. The van der Waals surface area contributed by atoms with Gasteiger partial charge in [0.25, 0.3) is 0 Å². The molecule has 2 unspecified atom stereocenters. The van der Waals surface area contributed by atoms with Gasteiger partial charge < -0.3 is 5.32 Å². The van der Waals surface area contributed by atoms with Gasteiger partial charge in [-0.25, -0.2) is 0 Å². The van der Waals surface area contributed by atoms with Gasteiger partial charge in [0.1, 0.15) is 0 Å². The fourth-order valence-electron chi connectivity index (χ4n) is 1.01. The van der Waals surface area contributed by atoms with Gasteiger partial charge in [-0.3, -0.25) is 0 Å². The molecule has 0 aromatic rings. The third-order valence-electron chi connectivity index (χ3n) is 1.71. The van der Waals surface area contributed by atoms with Crippen molar-refractivity contribution in [3.8, 4) is 0 Å². The zero-order valence-corrected chi connectivity index (χ0v) is 9.31. The molecule has 0 heterocycles. The molecule has 0 bridgehead atoms. The van der Waals surface area contributed by atoms with E-state index < -0.39 is 0 Å². The molecule has 0 aromatic heterocycles. The van der Waals surface area contributed by atoms with Crippen LogP contribution in [0.2, 0.25) is 0 Å². The third-order valence-corrected chi connectivity index (χ3v) is 3.56. The van der Waals surface area contributed by atoms with E-state index in [1.807, 2.05) is 7.05 Å². The fraction of sp³-hybridized carbons (Fsp3) is 1.00. The Hall–Kier alpha value is 0.690. The Bertz CT molecular complexity index is 65.7. The van der Waals surface area contributed by atoms with Gasteiger partial charge >= 0.3 is 0 Å². The molecule has 2 atom stereocenters. The van der Waals surface area contributed by atoms with Crippen LogP contribution in [0.1, 0.15) is 26.7 Å². The quantitative estimate of drug-likeness (QED) is 0.587.